The minimum atomic E-state index is -4.00. The molecule has 1 aromatic heterocycles. The third kappa shape index (κ3) is 8.48. The maximum absolute atomic E-state index is 15.0. The van der Waals surface area contributed by atoms with E-state index < -0.39 is 67.7 Å². The number of sulfonamides is 1. The van der Waals surface area contributed by atoms with E-state index in [2.05, 4.69) is 15.4 Å². The zero-order valence-electron chi connectivity index (χ0n) is 35.2. The Morgan fingerprint density at radius 1 is 1.12 bits per heavy atom. The molecule has 1 spiro atoms. The number of alkyl carbamates (subject to hydrolysis) is 1. The molecule has 4 heterocycles. The Labute approximate surface area is 348 Å². The van der Waals surface area contributed by atoms with Gasteiger partial charge < -0.3 is 25.0 Å². The van der Waals surface area contributed by atoms with Crippen LogP contribution in [-0.2, 0) is 35.6 Å². The van der Waals surface area contributed by atoms with Crippen molar-refractivity contribution in [3.63, 3.8) is 0 Å². The van der Waals surface area contributed by atoms with Crippen LogP contribution in [0, 0.1) is 18.8 Å². The smallest absolute Gasteiger partial charge is 0.408 e. The normalized spacial score (nSPS) is 29.1. The highest BCUT2D eigenvalue weighted by atomic mass is 32.2. The molecule has 3 N–H and O–H groups in total. The molecule has 2 aliphatic carbocycles. The fourth-order valence-electron chi connectivity index (χ4n) is 9.47. The molecule has 1 saturated heterocycles. The van der Waals surface area contributed by atoms with E-state index in [9.17, 15) is 22.8 Å². The number of amides is 4. The molecule has 7 rings (SSSR count). The zero-order chi connectivity index (χ0) is 42.2. The number of carbonyl (C=O) groups excluding carboxylic acids is 4. The minimum absolute atomic E-state index is 0.0303. The number of aryl methyl sites for hydroxylation is 2. The van der Waals surface area contributed by atoms with Crippen LogP contribution in [0.25, 0.3) is 10.9 Å². The van der Waals surface area contributed by atoms with Crippen LogP contribution in [0.15, 0.2) is 48.6 Å². The number of para-hydroxylation sites is 1. The Bertz CT molecular complexity index is 2130. The summed E-state index contributed by atoms with van der Waals surface area (Å²) in [5, 5.41) is 6.93. The van der Waals surface area contributed by atoms with Crippen molar-refractivity contribution >= 4 is 44.7 Å². The Balaban J connectivity index is 1.23. The van der Waals surface area contributed by atoms with Crippen LogP contribution in [0.2, 0.25) is 0 Å². The lowest BCUT2D eigenvalue weighted by molar-refractivity contribution is -0.144. The standard InChI is InChI=1S/C45H61N5O8S/c1-6-15-29(3)37(16-7-2)57-42(54)47-35-20-12-10-8-9-11-17-31-21-24-45(31,41(53)49-59(55,56)43(5)25-26-43)48-39(51)36-27-44(28-50(36)40(35)52)23-22-33-32-18-13-14-19-34(32)46-30(4)38(33)58-44/h6,11,13-15,17-19,29,31,35-37H,7-10,12,16,20-28H2,1-5H3,(H,47,54)(H,48,51)(H,49,53). The van der Waals surface area contributed by atoms with Crippen LogP contribution in [0.4, 0.5) is 4.79 Å². The van der Waals surface area contributed by atoms with Crippen LogP contribution < -0.4 is 20.1 Å². The summed E-state index contributed by atoms with van der Waals surface area (Å²) in [7, 11) is -4.00. The Morgan fingerprint density at radius 2 is 1.90 bits per heavy atom. The Morgan fingerprint density at radius 3 is 2.61 bits per heavy atom. The molecule has 59 heavy (non-hydrogen) atoms. The van der Waals surface area contributed by atoms with Crippen molar-refractivity contribution in [3.8, 4) is 5.75 Å². The van der Waals surface area contributed by atoms with Gasteiger partial charge in [-0.25, -0.2) is 18.2 Å². The van der Waals surface area contributed by atoms with E-state index in [-0.39, 0.29) is 31.4 Å². The van der Waals surface area contributed by atoms with Gasteiger partial charge in [0.2, 0.25) is 21.8 Å². The number of fused-ring (bicyclic) bond motifs is 5. The summed E-state index contributed by atoms with van der Waals surface area (Å²) in [6, 6.07) is 5.83. The van der Waals surface area contributed by atoms with Gasteiger partial charge in [-0.2, -0.15) is 0 Å². The average Bonchev–Trinajstić information content (AvgIpc) is 3.86. The van der Waals surface area contributed by atoms with Crippen LogP contribution in [0.5, 0.6) is 5.75 Å². The second-order valence-electron chi connectivity index (χ2n) is 17.9. The molecular formula is C45H61N5O8S. The molecule has 3 fully saturated rings. The number of pyridine rings is 1. The van der Waals surface area contributed by atoms with Crippen molar-refractivity contribution in [2.45, 2.75) is 159 Å². The highest BCUT2D eigenvalue weighted by molar-refractivity contribution is 7.91. The van der Waals surface area contributed by atoms with E-state index >= 15 is 4.79 Å². The van der Waals surface area contributed by atoms with E-state index in [4.69, 9.17) is 14.5 Å². The van der Waals surface area contributed by atoms with Crippen LogP contribution in [0.3, 0.4) is 0 Å². The number of hydrogen-bond acceptors (Lipinski definition) is 9. The van der Waals surface area contributed by atoms with Gasteiger partial charge in [0.25, 0.3) is 5.91 Å². The second kappa shape index (κ2) is 16.9. The largest absolute Gasteiger partial charge is 0.483 e. The summed E-state index contributed by atoms with van der Waals surface area (Å²) in [6.07, 6.45) is 14.5. The average molecular weight is 832 g/mol. The van der Waals surface area contributed by atoms with E-state index in [0.29, 0.717) is 69.2 Å². The molecule has 7 atom stereocenters. The molecule has 2 aromatic rings. The SMILES string of the molecule is CC=CC(C)C(CCC)OC(=O)NC1CCCCCC=CC2CCC2(C(=O)NS(=O)(=O)C2(C)CC2)NC(=O)C2CC3(CCc4c(c(C)nc5ccccc45)O3)CN2C1=O. The molecule has 13 nitrogen and oxygen atoms in total. The number of hydrogen-bond donors (Lipinski definition) is 3. The summed E-state index contributed by atoms with van der Waals surface area (Å²) in [4.78, 5) is 64.1. The predicted octanol–water partition coefficient (Wildman–Crippen LogP) is 6.47. The third-order valence-corrected chi connectivity index (χ3v) is 15.7. The number of benzene rings is 1. The molecule has 2 saturated carbocycles. The summed E-state index contributed by atoms with van der Waals surface area (Å²) in [5.74, 6) is -1.60. The Hall–Kier alpha value is -4.46. The lowest BCUT2D eigenvalue weighted by atomic mass is 9.65. The third-order valence-electron chi connectivity index (χ3n) is 13.6. The first-order chi connectivity index (χ1) is 28.1. The molecule has 5 aliphatic rings. The van der Waals surface area contributed by atoms with Gasteiger partial charge in [0.15, 0.2) is 0 Å². The lowest BCUT2D eigenvalue weighted by Crippen LogP contribution is -2.70. The molecule has 0 bridgehead atoms. The molecular weight excluding hydrogens is 771 g/mol. The zero-order valence-corrected chi connectivity index (χ0v) is 36.0. The van der Waals surface area contributed by atoms with E-state index in [1.807, 2.05) is 76.3 Å². The van der Waals surface area contributed by atoms with Gasteiger partial charge in [-0.3, -0.25) is 19.1 Å². The van der Waals surface area contributed by atoms with Crippen molar-refractivity contribution in [2.75, 3.05) is 6.54 Å². The molecule has 320 valence electrons. The maximum Gasteiger partial charge on any atom is 0.408 e. The molecule has 3 aliphatic heterocycles. The summed E-state index contributed by atoms with van der Waals surface area (Å²) >= 11 is 0. The number of nitrogens with one attached hydrogen (secondary N) is 3. The summed E-state index contributed by atoms with van der Waals surface area (Å²) in [5.41, 5.74) is 0.0988. The van der Waals surface area contributed by atoms with Gasteiger partial charge in [-0.1, -0.05) is 75.6 Å². The molecule has 14 heteroatoms. The van der Waals surface area contributed by atoms with Gasteiger partial charge in [0.05, 0.1) is 22.5 Å². The monoisotopic (exact) mass is 831 g/mol. The van der Waals surface area contributed by atoms with Gasteiger partial charge in [0, 0.05) is 29.2 Å². The molecule has 1 aromatic carbocycles. The summed E-state index contributed by atoms with van der Waals surface area (Å²) in [6.45, 7) is 9.52. The number of allylic oxidation sites excluding steroid dienone is 2. The van der Waals surface area contributed by atoms with Crippen molar-refractivity contribution in [1.29, 1.82) is 0 Å². The van der Waals surface area contributed by atoms with Crippen LogP contribution in [-0.4, -0.2) is 82.7 Å². The number of carbonyl (C=O) groups is 4. The number of aromatic nitrogens is 1. The quantitative estimate of drug-likeness (QED) is 0.240. The van der Waals surface area contributed by atoms with Gasteiger partial charge in [0.1, 0.15) is 35.1 Å². The first-order valence-electron chi connectivity index (χ1n) is 21.7. The predicted molar refractivity (Wildman–Crippen MR) is 225 cm³/mol. The fourth-order valence-corrected chi connectivity index (χ4v) is 10.8. The van der Waals surface area contributed by atoms with Gasteiger partial charge >= 0.3 is 6.09 Å². The summed E-state index contributed by atoms with van der Waals surface area (Å²) < 4.78 is 41.0. The fraction of sp³-hybridized carbons (Fsp3) is 0.622. The maximum atomic E-state index is 15.0. The molecule has 0 radical (unpaired) electrons. The van der Waals surface area contributed by atoms with Crippen molar-refractivity contribution in [1.82, 2.24) is 25.2 Å². The van der Waals surface area contributed by atoms with Gasteiger partial charge in [-0.05, 0) is 91.0 Å². The first kappa shape index (κ1) is 42.7. The van der Waals surface area contributed by atoms with Crippen molar-refractivity contribution in [3.05, 3.63) is 59.8 Å². The topological polar surface area (TPSA) is 173 Å². The highest BCUT2D eigenvalue weighted by Crippen LogP contribution is 2.47. The first-order valence-corrected chi connectivity index (χ1v) is 23.2. The minimum Gasteiger partial charge on any atom is -0.483 e. The van der Waals surface area contributed by atoms with Crippen LogP contribution in [0.1, 0.15) is 122 Å². The molecule has 4 amide bonds. The second-order valence-corrected chi connectivity index (χ2v) is 20.1. The lowest BCUT2D eigenvalue weighted by Gasteiger charge is -2.48. The number of ether oxygens (including phenoxy) is 2. The Kier molecular flexibility index (Phi) is 12.2. The van der Waals surface area contributed by atoms with Crippen molar-refractivity contribution in [2.24, 2.45) is 11.8 Å². The number of nitrogens with zero attached hydrogens (tertiary/aromatic N) is 2. The van der Waals surface area contributed by atoms with E-state index in [1.54, 1.807) is 6.92 Å². The van der Waals surface area contributed by atoms with E-state index in [1.165, 1.54) is 4.90 Å². The van der Waals surface area contributed by atoms with Crippen LogP contribution >= 0.6 is 0 Å². The van der Waals surface area contributed by atoms with E-state index in [0.717, 1.165) is 35.7 Å². The van der Waals surface area contributed by atoms with Crippen molar-refractivity contribution < 1.29 is 37.1 Å². The van der Waals surface area contributed by atoms with Gasteiger partial charge in [-0.15, -0.1) is 0 Å². The highest BCUT2D eigenvalue weighted by Gasteiger charge is 2.59. The molecule has 7 unspecified atom stereocenters. The number of rotatable bonds is 9.